The molecule has 3 nitrogen and oxygen atoms in total. The van der Waals surface area contributed by atoms with Gasteiger partial charge >= 0.3 is 0 Å². The SMILES string of the molecule is CCC1CCC(NC2CCCc3[nH]c(=O)ccc32)C1C. The third-order valence-corrected chi connectivity index (χ3v) is 5.50. The van der Waals surface area contributed by atoms with E-state index in [0.717, 1.165) is 24.0 Å². The van der Waals surface area contributed by atoms with E-state index in [0.29, 0.717) is 12.1 Å². The van der Waals surface area contributed by atoms with Gasteiger partial charge in [0.25, 0.3) is 0 Å². The highest BCUT2D eigenvalue weighted by molar-refractivity contribution is 5.26. The molecular weight excluding hydrogens is 248 g/mol. The van der Waals surface area contributed by atoms with Crippen molar-refractivity contribution in [3.63, 3.8) is 0 Å². The Morgan fingerprint density at radius 3 is 2.90 bits per heavy atom. The molecule has 3 rings (SSSR count). The smallest absolute Gasteiger partial charge is 0.248 e. The average Bonchev–Trinajstić information content (AvgIpc) is 2.79. The zero-order valence-electron chi connectivity index (χ0n) is 12.6. The Labute approximate surface area is 121 Å². The molecule has 4 atom stereocenters. The van der Waals surface area contributed by atoms with Crippen LogP contribution in [0.25, 0.3) is 0 Å². The Kier molecular flexibility index (Phi) is 3.97. The second-order valence-electron chi connectivity index (χ2n) is 6.58. The van der Waals surface area contributed by atoms with E-state index < -0.39 is 0 Å². The van der Waals surface area contributed by atoms with Crippen LogP contribution in [0.1, 0.15) is 63.3 Å². The van der Waals surface area contributed by atoms with Crippen LogP contribution in [0.3, 0.4) is 0 Å². The van der Waals surface area contributed by atoms with Crippen LogP contribution in [-0.2, 0) is 6.42 Å². The number of pyridine rings is 1. The zero-order valence-corrected chi connectivity index (χ0v) is 12.6. The van der Waals surface area contributed by atoms with Crippen LogP contribution < -0.4 is 10.9 Å². The Morgan fingerprint density at radius 1 is 1.30 bits per heavy atom. The van der Waals surface area contributed by atoms with Gasteiger partial charge in [0.1, 0.15) is 0 Å². The molecule has 0 aliphatic heterocycles. The van der Waals surface area contributed by atoms with E-state index in [2.05, 4.69) is 24.1 Å². The van der Waals surface area contributed by atoms with Crippen LogP contribution in [0.5, 0.6) is 0 Å². The number of aromatic nitrogens is 1. The molecule has 1 heterocycles. The van der Waals surface area contributed by atoms with Gasteiger partial charge in [-0.1, -0.05) is 26.3 Å². The van der Waals surface area contributed by atoms with Crippen molar-refractivity contribution in [2.45, 2.75) is 64.5 Å². The first-order valence-corrected chi connectivity index (χ1v) is 8.17. The van der Waals surface area contributed by atoms with Crippen molar-refractivity contribution in [1.29, 1.82) is 0 Å². The lowest BCUT2D eigenvalue weighted by atomic mass is 9.89. The van der Waals surface area contributed by atoms with Crippen LogP contribution >= 0.6 is 0 Å². The summed E-state index contributed by atoms with van der Waals surface area (Å²) in [6, 6.07) is 4.77. The number of aryl methyl sites for hydroxylation is 1. The minimum Gasteiger partial charge on any atom is -0.326 e. The number of hydrogen-bond donors (Lipinski definition) is 2. The summed E-state index contributed by atoms with van der Waals surface area (Å²) in [5, 5.41) is 3.89. The number of rotatable bonds is 3. The highest BCUT2D eigenvalue weighted by Gasteiger charge is 2.33. The van der Waals surface area contributed by atoms with Crippen molar-refractivity contribution < 1.29 is 0 Å². The highest BCUT2D eigenvalue weighted by atomic mass is 16.1. The van der Waals surface area contributed by atoms with E-state index >= 15 is 0 Å². The van der Waals surface area contributed by atoms with Crippen LogP contribution in [-0.4, -0.2) is 11.0 Å². The maximum absolute atomic E-state index is 11.5. The van der Waals surface area contributed by atoms with Crippen molar-refractivity contribution in [2.24, 2.45) is 11.8 Å². The Hall–Kier alpha value is -1.09. The fourth-order valence-corrected chi connectivity index (χ4v) is 4.19. The zero-order chi connectivity index (χ0) is 14.1. The lowest BCUT2D eigenvalue weighted by molar-refractivity contribution is 0.307. The molecular formula is C17H26N2O. The molecule has 2 aliphatic carbocycles. The van der Waals surface area contributed by atoms with Gasteiger partial charge in [-0.25, -0.2) is 0 Å². The van der Waals surface area contributed by atoms with E-state index in [4.69, 9.17) is 0 Å². The number of nitrogens with one attached hydrogen (secondary N) is 2. The summed E-state index contributed by atoms with van der Waals surface area (Å²) in [4.78, 5) is 14.5. The summed E-state index contributed by atoms with van der Waals surface area (Å²) < 4.78 is 0. The van der Waals surface area contributed by atoms with E-state index in [1.165, 1.54) is 37.7 Å². The predicted octanol–water partition coefficient (Wildman–Crippen LogP) is 3.17. The largest absolute Gasteiger partial charge is 0.326 e. The van der Waals surface area contributed by atoms with Crippen molar-refractivity contribution in [3.8, 4) is 0 Å². The van der Waals surface area contributed by atoms with Crippen molar-refractivity contribution in [2.75, 3.05) is 0 Å². The molecule has 0 saturated heterocycles. The van der Waals surface area contributed by atoms with Crippen molar-refractivity contribution in [3.05, 3.63) is 33.7 Å². The lowest BCUT2D eigenvalue weighted by Crippen LogP contribution is -2.37. The van der Waals surface area contributed by atoms with Crippen LogP contribution in [0.2, 0.25) is 0 Å². The maximum atomic E-state index is 11.5. The first kappa shape index (κ1) is 13.9. The number of hydrogen-bond acceptors (Lipinski definition) is 2. The molecule has 20 heavy (non-hydrogen) atoms. The topological polar surface area (TPSA) is 44.9 Å². The fraction of sp³-hybridized carbons (Fsp3) is 0.706. The molecule has 0 radical (unpaired) electrons. The Morgan fingerprint density at radius 2 is 2.15 bits per heavy atom. The number of aromatic amines is 1. The first-order valence-electron chi connectivity index (χ1n) is 8.17. The van der Waals surface area contributed by atoms with Gasteiger partial charge < -0.3 is 10.3 Å². The normalized spacial score (nSPS) is 33.1. The molecule has 0 aromatic carbocycles. The van der Waals surface area contributed by atoms with E-state index in [1.54, 1.807) is 6.07 Å². The van der Waals surface area contributed by atoms with Gasteiger partial charge in [-0.2, -0.15) is 0 Å². The molecule has 110 valence electrons. The summed E-state index contributed by atoms with van der Waals surface area (Å²) in [5.74, 6) is 1.65. The van der Waals surface area contributed by atoms with Crippen LogP contribution in [0, 0.1) is 11.8 Å². The van der Waals surface area contributed by atoms with Gasteiger partial charge in [-0.15, -0.1) is 0 Å². The summed E-state index contributed by atoms with van der Waals surface area (Å²) in [5.41, 5.74) is 2.51. The quantitative estimate of drug-likeness (QED) is 0.889. The highest BCUT2D eigenvalue weighted by Crippen LogP contribution is 2.37. The van der Waals surface area contributed by atoms with Gasteiger partial charge in [-0.05, 0) is 49.5 Å². The summed E-state index contributed by atoms with van der Waals surface area (Å²) in [6.07, 6.45) is 7.34. The van der Waals surface area contributed by atoms with Crippen molar-refractivity contribution in [1.82, 2.24) is 10.3 Å². The number of fused-ring (bicyclic) bond motifs is 1. The molecule has 1 fully saturated rings. The van der Waals surface area contributed by atoms with Gasteiger partial charge in [-0.3, -0.25) is 4.79 Å². The van der Waals surface area contributed by atoms with Crippen LogP contribution in [0.15, 0.2) is 16.9 Å². The van der Waals surface area contributed by atoms with E-state index in [9.17, 15) is 4.79 Å². The van der Waals surface area contributed by atoms with Gasteiger partial charge in [0.05, 0.1) is 0 Å². The monoisotopic (exact) mass is 274 g/mol. The van der Waals surface area contributed by atoms with Crippen LogP contribution in [0.4, 0.5) is 0 Å². The van der Waals surface area contributed by atoms with E-state index in [-0.39, 0.29) is 5.56 Å². The maximum Gasteiger partial charge on any atom is 0.248 e. The fourth-order valence-electron chi connectivity index (χ4n) is 4.19. The standard InChI is InChI=1S/C17H26N2O/c1-3-12-7-9-14(11(12)2)18-15-5-4-6-16-13(15)8-10-17(20)19-16/h8,10-12,14-15,18H,3-7,9H2,1-2H3,(H,19,20). The summed E-state index contributed by atoms with van der Waals surface area (Å²) >= 11 is 0. The molecule has 2 N–H and O–H groups in total. The van der Waals surface area contributed by atoms with Gasteiger partial charge in [0.2, 0.25) is 5.56 Å². The second kappa shape index (κ2) is 5.72. The molecule has 0 bridgehead atoms. The minimum absolute atomic E-state index is 0.0321. The third-order valence-electron chi connectivity index (χ3n) is 5.50. The Balaban J connectivity index is 1.75. The second-order valence-corrected chi connectivity index (χ2v) is 6.58. The molecule has 1 aromatic heterocycles. The molecule has 0 spiro atoms. The first-order chi connectivity index (χ1) is 9.69. The predicted molar refractivity (Wildman–Crippen MR) is 81.8 cm³/mol. The number of H-pyrrole nitrogens is 1. The molecule has 0 amide bonds. The molecule has 1 saturated carbocycles. The van der Waals surface area contributed by atoms with Gasteiger partial charge in [0.15, 0.2) is 0 Å². The summed E-state index contributed by atoms with van der Waals surface area (Å²) in [7, 11) is 0. The Bertz CT molecular complexity index is 522. The van der Waals surface area contributed by atoms with Crippen molar-refractivity contribution >= 4 is 0 Å². The van der Waals surface area contributed by atoms with E-state index in [1.807, 2.05) is 6.07 Å². The third kappa shape index (κ3) is 2.56. The lowest BCUT2D eigenvalue weighted by Gasteiger charge is -2.31. The summed E-state index contributed by atoms with van der Waals surface area (Å²) in [6.45, 7) is 4.71. The molecule has 2 aliphatic rings. The molecule has 1 aromatic rings. The average molecular weight is 274 g/mol. The molecule has 3 heteroatoms. The minimum atomic E-state index is 0.0321. The van der Waals surface area contributed by atoms with Gasteiger partial charge in [0, 0.05) is 23.8 Å². The molecule has 4 unspecified atom stereocenters.